The van der Waals surface area contributed by atoms with Crippen LogP contribution >= 0.6 is 0 Å². The summed E-state index contributed by atoms with van der Waals surface area (Å²) < 4.78 is 3.71. The first-order chi connectivity index (χ1) is 13.4. The van der Waals surface area contributed by atoms with E-state index in [1.807, 2.05) is 84.2 Å². The predicted molar refractivity (Wildman–Crippen MR) is 109 cm³/mol. The van der Waals surface area contributed by atoms with Crippen LogP contribution in [0.3, 0.4) is 0 Å². The van der Waals surface area contributed by atoms with Crippen molar-refractivity contribution in [1.82, 2.24) is 0 Å². The predicted octanol–water partition coefficient (Wildman–Crippen LogP) is 2.14. The van der Waals surface area contributed by atoms with Crippen LogP contribution < -0.4 is 9.13 Å². The molecule has 2 heterocycles. The molecule has 0 bridgehead atoms. The van der Waals surface area contributed by atoms with Crippen LogP contribution in [0.4, 0.5) is 0 Å². The molecule has 28 heavy (non-hydrogen) atoms. The molecule has 2 unspecified atom stereocenters. The van der Waals surface area contributed by atoms with Crippen LogP contribution in [0.2, 0.25) is 0 Å². The molecule has 2 aromatic rings. The lowest BCUT2D eigenvalue weighted by molar-refractivity contribution is -0.693. The molecule has 0 aromatic carbocycles. The van der Waals surface area contributed by atoms with Gasteiger partial charge in [-0.1, -0.05) is 12.1 Å². The van der Waals surface area contributed by atoms with Gasteiger partial charge in [0.05, 0.1) is 24.5 Å². The van der Waals surface area contributed by atoms with Gasteiger partial charge in [0.25, 0.3) is 12.1 Å². The van der Waals surface area contributed by atoms with Crippen molar-refractivity contribution < 1.29 is 18.7 Å². The molecular formula is C22H28N4O2+2. The Bertz CT molecular complexity index is 787. The van der Waals surface area contributed by atoms with E-state index in [-0.39, 0.29) is 11.6 Å². The minimum Gasteiger partial charge on any atom is -0.292 e. The number of rotatable bonds is 9. The third kappa shape index (κ3) is 5.74. The molecule has 0 N–H and O–H groups in total. The first kappa shape index (κ1) is 21.3. The van der Waals surface area contributed by atoms with Crippen LogP contribution in [0.15, 0.2) is 71.2 Å². The van der Waals surface area contributed by atoms with Gasteiger partial charge in [0, 0.05) is 38.1 Å². The van der Waals surface area contributed by atoms with E-state index < -0.39 is 12.1 Å². The molecule has 0 fully saturated rings. The summed E-state index contributed by atoms with van der Waals surface area (Å²) in [5.41, 5.74) is 1.49. The third-order valence-electron chi connectivity index (χ3n) is 4.46. The summed E-state index contributed by atoms with van der Waals surface area (Å²) in [4.78, 5) is 33.3. The molecule has 6 nitrogen and oxygen atoms in total. The summed E-state index contributed by atoms with van der Waals surface area (Å²) >= 11 is 0. The number of carbonyl (C=O) groups is 2. The molecule has 2 rings (SSSR count). The average molecular weight is 380 g/mol. The topological polar surface area (TPSA) is 66.6 Å². The summed E-state index contributed by atoms with van der Waals surface area (Å²) in [6, 6.07) is 10.6. The van der Waals surface area contributed by atoms with E-state index in [1.165, 1.54) is 0 Å². The van der Waals surface area contributed by atoms with Crippen molar-refractivity contribution in [3.05, 3.63) is 61.2 Å². The molecule has 0 saturated heterocycles. The van der Waals surface area contributed by atoms with Gasteiger partial charge in [-0.15, -0.1) is 0 Å². The summed E-state index contributed by atoms with van der Waals surface area (Å²) in [6.07, 6.45) is 7.45. The second-order valence-corrected chi connectivity index (χ2v) is 6.72. The van der Waals surface area contributed by atoms with E-state index in [2.05, 4.69) is 9.98 Å². The van der Waals surface area contributed by atoms with Gasteiger partial charge in [0.15, 0.2) is 24.8 Å². The second-order valence-electron chi connectivity index (χ2n) is 6.72. The number of nitrogens with zero attached hydrogens (tertiary/aromatic N) is 4. The highest BCUT2D eigenvalue weighted by atomic mass is 16.1. The first-order valence-corrected chi connectivity index (χ1v) is 9.36. The van der Waals surface area contributed by atoms with Gasteiger partial charge in [-0.05, 0) is 13.8 Å². The third-order valence-corrected chi connectivity index (χ3v) is 4.46. The number of Topliss-reactive ketones (excluding diaryl/α,β-unsaturated/α-hetero) is 2. The lowest BCUT2D eigenvalue weighted by Crippen LogP contribution is -2.46. The molecule has 2 aromatic heterocycles. The molecule has 146 valence electrons. The maximum absolute atomic E-state index is 12.1. The highest BCUT2D eigenvalue weighted by molar-refractivity contribution is 6.04. The maximum atomic E-state index is 12.1. The van der Waals surface area contributed by atoms with E-state index in [9.17, 15) is 9.59 Å². The van der Waals surface area contributed by atoms with E-state index in [4.69, 9.17) is 0 Å². The van der Waals surface area contributed by atoms with Crippen LogP contribution in [0.25, 0.3) is 0 Å². The second kappa shape index (κ2) is 10.3. The minimum absolute atomic E-state index is 0.0363. The van der Waals surface area contributed by atoms with E-state index in [0.29, 0.717) is 13.1 Å². The van der Waals surface area contributed by atoms with Crippen LogP contribution in [0.1, 0.15) is 39.8 Å². The Labute approximate surface area is 166 Å². The highest BCUT2D eigenvalue weighted by Gasteiger charge is 2.27. The molecular weight excluding hydrogens is 352 g/mol. The number of hydrogen-bond acceptors (Lipinski definition) is 4. The fourth-order valence-corrected chi connectivity index (χ4v) is 3.23. The van der Waals surface area contributed by atoms with E-state index in [0.717, 1.165) is 11.4 Å². The molecule has 0 spiro atoms. The first-order valence-electron chi connectivity index (χ1n) is 9.36. The maximum Gasteiger partial charge on any atom is 0.253 e. The van der Waals surface area contributed by atoms with Crippen molar-refractivity contribution in [2.75, 3.05) is 13.1 Å². The molecule has 0 amide bonds. The smallest absolute Gasteiger partial charge is 0.253 e. The van der Waals surface area contributed by atoms with Gasteiger partial charge in [-0.25, -0.2) is 0 Å². The SMILES string of the molecule is CC(=O)C(C(C)=NCCN=C(C)C(C(C)=O)[n+]1ccccc1)[n+]1ccccc1. The Morgan fingerprint density at radius 1 is 0.643 bits per heavy atom. The van der Waals surface area contributed by atoms with Crippen LogP contribution in [-0.2, 0) is 9.59 Å². The number of carbonyl (C=O) groups excluding carboxylic acids is 2. The van der Waals surface area contributed by atoms with Gasteiger partial charge < -0.3 is 0 Å². The minimum atomic E-state index is -0.406. The summed E-state index contributed by atoms with van der Waals surface area (Å²) in [5, 5.41) is 0. The standard InChI is InChI=1S/C22H28N4O2/c1-17(21(19(3)27)25-13-7-5-8-14-25)23-11-12-24-18(2)22(20(4)28)26-15-9-6-10-16-26/h5-10,13-16,21-22H,11-12H2,1-4H3/q+2. The zero-order chi connectivity index (χ0) is 20.5. The number of pyridine rings is 2. The van der Waals surface area contributed by atoms with Crippen molar-refractivity contribution in [3.8, 4) is 0 Å². The molecule has 0 aliphatic rings. The van der Waals surface area contributed by atoms with Gasteiger partial charge in [-0.3, -0.25) is 19.6 Å². The molecule has 0 aliphatic carbocycles. The molecule has 0 radical (unpaired) electrons. The summed E-state index contributed by atoms with van der Waals surface area (Å²) in [7, 11) is 0. The normalized spacial score (nSPS) is 14.4. The number of hydrogen-bond donors (Lipinski definition) is 0. The number of aromatic nitrogens is 2. The zero-order valence-electron chi connectivity index (χ0n) is 16.9. The van der Waals surface area contributed by atoms with E-state index in [1.54, 1.807) is 13.8 Å². The Hall–Kier alpha value is -3.02. The Kier molecular flexibility index (Phi) is 7.87. The van der Waals surface area contributed by atoms with Crippen molar-refractivity contribution >= 4 is 23.0 Å². The van der Waals surface area contributed by atoms with E-state index >= 15 is 0 Å². The number of ketones is 2. The van der Waals surface area contributed by atoms with Crippen molar-refractivity contribution in [2.45, 2.75) is 39.8 Å². The Morgan fingerprint density at radius 3 is 1.25 bits per heavy atom. The van der Waals surface area contributed by atoms with Crippen molar-refractivity contribution in [3.63, 3.8) is 0 Å². The lowest BCUT2D eigenvalue weighted by Gasteiger charge is -2.10. The molecule has 2 atom stereocenters. The molecule has 0 aliphatic heterocycles. The quantitative estimate of drug-likeness (QED) is 0.380. The monoisotopic (exact) mass is 380 g/mol. The van der Waals surface area contributed by atoms with Crippen LogP contribution in [-0.4, -0.2) is 36.1 Å². The largest absolute Gasteiger partial charge is 0.292 e. The lowest BCUT2D eigenvalue weighted by atomic mass is 10.1. The van der Waals surface area contributed by atoms with Crippen molar-refractivity contribution in [2.24, 2.45) is 9.98 Å². The number of aliphatic imine (C=N–C) groups is 2. The van der Waals surface area contributed by atoms with Gasteiger partial charge in [0.1, 0.15) is 0 Å². The highest BCUT2D eigenvalue weighted by Crippen LogP contribution is 2.04. The zero-order valence-corrected chi connectivity index (χ0v) is 16.9. The molecule has 0 saturated carbocycles. The Balaban J connectivity index is 2.07. The van der Waals surface area contributed by atoms with Crippen LogP contribution in [0, 0.1) is 0 Å². The summed E-state index contributed by atoms with van der Waals surface area (Å²) in [5.74, 6) is 0.0727. The van der Waals surface area contributed by atoms with Gasteiger partial charge in [0.2, 0.25) is 11.6 Å². The fourth-order valence-electron chi connectivity index (χ4n) is 3.23. The van der Waals surface area contributed by atoms with Gasteiger partial charge >= 0.3 is 0 Å². The van der Waals surface area contributed by atoms with Gasteiger partial charge in [-0.2, -0.15) is 9.13 Å². The fraction of sp³-hybridized carbons (Fsp3) is 0.364. The Morgan fingerprint density at radius 2 is 0.964 bits per heavy atom. The van der Waals surface area contributed by atoms with Crippen molar-refractivity contribution in [1.29, 1.82) is 0 Å². The average Bonchev–Trinajstić information content (AvgIpc) is 2.66. The summed E-state index contributed by atoms with van der Waals surface area (Å²) in [6.45, 7) is 7.79. The molecule has 6 heteroatoms. The van der Waals surface area contributed by atoms with Crippen LogP contribution in [0.5, 0.6) is 0 Å².